The molecular formula is C25H19BrN2O2. The molecule has 148 valence electrons. The summed E-state index contributed by atoms with van der Waals surface area (Å²) in [7, 11) is 1.81. The lowest BCUT2D eigenvalue weighted by molar-refractivity contribution is 0.629. The lowest BCUT2D eigenvalue weighted by atomic mass is 10.0. The number of halogens is 1. The fourth-order valence-electron chi connectivity index (χ4n) is 3.85. The third-order valence-electron chi connectivity index (χ3n) is 5.37. The Labute approximate surface area is 181 Å². The molecule has 5 rings (SSSR count). The number of benzene rings is 3. The first-order valence-electron chi connectivity index (χ1n) is 9.71. The van der Waals surface area contributed by atoms with E-state index in [4.69, 9.17) is 4.42 Å². The molecule has 30 heavy (non-hydrogen) atoms. The number of hydrogen-bond acceptors (Lipinski definition) is 3. The van der Waals surface area contributed by atoms with Gasteiger partial charge in [0.15, 0.2) is 5.58 Å². The number of nitrogens with one attached hydrogen (secondary N) is 1. The first-order valence-corrected chi connectivity index (χ1v) is 10.5. The fraction of sp³-hybridized carbons (Fsp3) is 0.0800. The number of furan rings is 1. The van der Waals surface area contributed by atoms with Gasteiger partial charge in [0.05, 0.1) is 16.5 Å². The lowest BCUT2D eigenvalue weighted by Crippen LogP contribution is -2.17. The van der Waals surface area contributed by atoms with Crippen LogP contribution in [0.15, 0.2) is 92.5 Å². The molecule has 0 unspecified atom stereocenters. The Morgan fingerprint density at radius 2 is 1.63 bits per heavy atom. The van der Waals surface area contributed by atoms with Crippen LogP contribution < -0.4 is 10.9 Å². The summed E-state index contributed by atoms with van der Waals surface area (Å²) in [4.78, 5) is 13.4. The highest BCUT2D eigenvalue weighted by Crippen LogP contribution is 2.40. The van der Waals surface area contributed by atoms with Crippen LogP contribution in [0.1, 0.15) is 5.56 Å². The molecule has 0 aliphatic heterocycles. The zero-order valence-electron chi connectivity index (χ0n) is 16.4. The van der Waals surface area contributed by atoms with Gasteiger partial charge in [-0.05, 0) is 35.4 Å². The Morgan fingerprint density at radius 3 is 2.40 bits per heavy atom. The molecule has 2 aromatic heterocycles. The zero-order chi connectivity index (χ0) is 20.7. The van der Waals surface area contributed by atoms with Crippen LogP contribution >= 0.6 is 15.9 Å². The van der Waals surface area contributed by atoms with Crippen LogP contribution in [0.4, 0.5) is 5.88 Å². The Morgan fingerprint density at radius 1 is 0.933 bits per heavy atom. The minimum atomic E-state index is -0.0712. The quantitative estimate of drug-likeness (QED) is 0.342. The number of rotatable bonds is 4. The summed E-state index contributed by atoms with van der Waals surface area (Å²) in [6.45, 7) is 0.600. The van der Waals surface area contributed by atoms with E-state index in [0.29, 0.717) is 23.4 Å². The number of fused-ring (bicyclic) bond motifs is 3. The smallest absolute Gasteiger partial charge is 0.262 e. The van der Waals surface area contributed by atoms with E-state index < -0.39 is 0 Å². The highest BCUT2D eigenvalue weighted by Gasteiger charge is 2.22. The number of nitrogens with zero attached hydrogens (tertiary/aromatic N) is 1. The molecule has 0 saturated carbocycles. The van der Waals surface area contributed by atoms with Crippen molar-refractivity contribution in [1.29, 1.82) is 0 Å². The van der Waals surface area contributed by atoms with E-state index >= 15 is 0 Å². The molecule has 0 fully saturated rings. The number of hydrogen-bond donors (Lipinski definition) is 1. The van der Waals surface area contributed by atoms with Gasteiger partial charge in [-0.3, -0.25) is 4.79 Å². The molecular weight excluding hydrogens is 440 g/mol. The minimum Gasteiger partial charge on any atom is -0.439 e. The number of aromatic nitrogens is 1. The topological polar surface area (TPSA) is 47.2 Å². The van der Waals surface area contributed by atoms with Gasteiger partial charge in [0.25, 0.3) is 5.56 Å². The average Bonchev–Trinajstić information content (AvgIpc) is 3.17. The molecule has 0 spiro atoms. The van der Waals surface area contributed by atoms with Crippen LogP contribution in [-0.2, 0) is 13.6 Å². The molecule has 1 N–H and O–H groups in total. The van der Waals surface area contributed by atoms with Gasteiger partial charge in [-0.2, -0.15) is 0 Å². The summed E-state index contributed by atoms with van der Waals surface area (Å²) in [5, 5.41) is 4.93. The molecule has 5 heteroatoms. The van der Waals surface area contributed by atoms with Crippen molar-refractivity contribution in [3.05, 3.63) is 99.3 Å². The molecule has 5 aromatic rings. The molecule has 0 aliphatic carbocycles. The second-order valence-corrected chi connectivity index (χ2v) is 8.15. The van der Waals surface area contributed by atoms with E-state index in [0.717, 1.165) is 32.1 Å². The number of aryl methyl sites for hydroxylation is 1. The van der Waals surface area contributed by atoms with Gasteiger partial charge in [-0.1, -0.05) is 70.5 Å². The summed E-state index contributed by atoms with van der Waals surface area (Å²) in [5.74, 6) is 0.602. The summed E-state index contributed by atoms with van der Waals surface area (Å²) >= 11 is 3.49. The number of pyridine rings is 1. The predicted octanol–water partition coefficient (Wildman–Crippen LogP) is 6.33. The standard InChI is InChI=1S/C25H19BrN2O2/c1-28-20-10-6-5-9-19(20)23-22(25(28)29)21(17-11-13-18(26)14-12-17)24(30-23)27-15-16-7-3-2-4-8-16/h2-14,27H,15H2,1H3. The molecule has 0 saturated heterocycles. The first-order chi connectivity index (χ1) is 14.6. The average molecular weight is 459 g/mol. The Balaban J connectivity index is 1.78. The molecule has 0 amide bonds. The van der Waals surface area contributed by atoms with E-state index in [1.54, 1.807) is 11.6 Å². The second kappa shape index (κ2) is 7.50. The van der Waals surface area contributed by atoms with Gasteiger partial charge in [-0.25, -0.2) is 0 Å². The highest BCUT2D eigenvalue weighted by molar-refractivity contribution is 9.10. The largest absolute Gasteiger partial charge is 0.439 e. The van der Waals surface area contributed by atoms with E-state index in [-0.39, 0.29) is 5.56 Å². The Bertz CT molecular complexity index is 1420. The Hall–Kier alpha value is -3.31. The van der Waals surface area contributed by atoms with E-state index in [9.17, 15) is 4.79 Å². The van der Waals surface area contributed by atoms with Crippen molar-refractivity contribution < 1.29 is 4.42 Å². The zero-order valence-corrected chi connectivity index (χ0v) is 17.9. The molecule has 2 heterocycles. The molecule has 4 nitrogen and oxygen atoms in total. The van der Waals surface area contributed by atoms with Crippen LogP contribution in [0.5, 0.6) is 0 Å². The molecule has 0 radical (unpaired) electrons. The van der Waals surface area contributed by atoms with Gasteiger partial charge < -0.3 is 14.3 Å². The van der Waals surface area contributed by atoms with Crippen LogP contribution in [0.2, 0.25) is 0 Å². The normalized spacial score (nSPS) is 11.3. The summed E-state index contributed by atoms with van der Waals surface area (Å²) in [6.07, 6.45) is 0. The highest BCUT2D eigenvalue weighted by atomic mass is 79.9. The first kappa shape index (κ1) is 18.7. The van der Waals surface area contributed by atoms with Gasteiger partial charge in [-0.15, -0.1) is 0 Å². The van der Waals surface area contributed by atoms with Gasteiger partial charge >= 0.3 is 0 Å². The minimum absolute atomic E-state index is 0.0712. The number of para-hydroxylation sites is 1. The predicted molar refractivity (Wildman–Crippen MR) is 126 cm³/mol. The van der Waals surface area contributed by atoms with Crippen LogP contribution in [0.25, 0.3) is 33.0 Å². The maximum atomic E-state index is 13.4. The van der Waals surface area contributed by atoms with E-state index in [1.807, 2.05) is 66.7 Å². The van der Waals surface area contributed by atoms with Crippen LogP contribution in [-0.4, -0.2) is 4.57 Å². The molecule has 0 bridgehead atoms. The van der Waals surface area contributed by atoms with E-state index in [1.165, 1.54) is 0 Å². The monoisotopic (exact) mass is 458 g/mol. The number of anilines is 1. The van der Waals surface area contributed by atoms with Crippen molar-refractivity contribution in [3.8, 4) is 11.1 Å². The Kier molecular flexibility index (Phi) is 4.68. The van der Waals surface area contributed by atoms with Crippen molar-refractivity contribution in [2.45, 2.75) is 6.54 Å². The third kappa shape index (κ3) is 3.12. The SMILES string of the molecule is Cn1c(=O)c2c(-c3ccc(Br)cc3)c(NCc3ccccc3)oc2c2ccccc21. The fourth-order valence-corrected chi connectivity index (χ4v) is 4.12. The maximum Gasteiger partial charge on any atom is 0.262 e. The van der Waals surface area contributed by atoms with Crippen molar-refractivity contribution >= 4 is 43.7 Å². The van der Waals surface area contributed by atoms with Crippen LogP contribution in [0, 0.1) is 0 Å². The van der Waals surface area contributed by atoms with Gasteiger partial charge in [0, 0.05) is 23.5 Å². The van der Waals surface area contributed by atoms with Crippen LogP contribution in [0.3, 0.4) is 0 Å². The molecule has 3 aromatic carbocycles. The molecule has 0 aliphatic rings. The van der Waals surface area contributed by atoms with E-state index in [2.05, 4.69) is 33.4 Å². The maximum absolute atomic E-state index is 13.4. The van der Waals surface area contributed by atoms with Crippen molar-refractivity contribution in [1.82, 2.24) is 4.57 Å². The van der Waals surface area contributed by atoms with Crippen molar-refractivity contribution in [2.24, 2.45) is 7.05 Å². The molecule has 0 atom stereocenters. The summed E-state index contributed by atoms with van der Waals surface area (Å²) in [6, 6.07) is 25.9. The summed E-state index contributed by atoms with van der Waals surface area (Å²) in [5.41, 5.74) is 4.25. The van der Waals surface area contributed by atoms with Crippen molar-refractivity contribution in [3.63, 3.8) is 0 Å². The van der Waals surface area contributed by atoms with Crippen molar-refractivity contribution in [2.75, 3.05) is 5.32 Å². The second-order valence-electron chi connectivity index (χ2n) is 7.24. The van der Waals surface area contributed by atoms with Gasteiger partial charge in [0.1, 0.15) is 0 Å². The third-order valence-corrected chi connectivity index (χ3v) is 5.89. The van der Waals surface area contributed by atoms with Gasteiger partial charge in [0.2, 0.25) is 5.88 Å². The summed E-state index contributed by atoms with van der Waals surface area (Å²) < 4.78 is 8.99. The lowest BCUT2D eigenvalue weighted by Gasteiger charge is -2.08.